The normalized spacial score (nSPS) is 11.1. The number of rotatable bonds is 3. The summed E-state index contributed by atoms with van der Waals surface area (Å²) in [7, 11) is 0. The Balaban J connectivity index is 1.77. The average molecular weight is 351 g/mol. The average Bonchev–Trinajstić information content (AvgIpc) is 3.00. The number of amides is 1. The summed E-state index contributed by atoms with van der Waals surface area (Å²) in [6, 6.07) is 11.9. The van der Waals surface area contributed by atoms with E-state index in [1.807, 2.05) is 36.4 Å². The van der Waals surface area contributed by atoms with Crippen molar-refractivity contribution in [1.82, 2.24) is 20.3 Å². The summed E-state index contributed by atoms with van der Waals surface area (Å²) in [4.78, 5) is 23.0. The fourth-order valence-corrected chi connectivity index (χ4v) is 3.16. The summed E-state index contributed by atoms with van der Waals surface area (Å²) in [6.45, 7) is 1.96. The van der Waals surface area contributed by atoms with Gasteiger partial charge in [0.1, 0.15) is 0 Å². The van der Waals surface area contributed by atoms with Crippen LogP contribution in [-0.4, -0.2) is 20.9 Å². The third-order valence-electron chi connectivity index (χ3n) is 4.07. The number of aromatic nitrogens is 3. The molecule has 1 amide bonds. The fourth-order valence-electron chi connectivity index (χ4n) is 2.88. The molecule has 0 bridgehead atoms. The van der Waals surface area contributed by atoms with Crippen molar-refractivity contribution < 1.29 is 4.79 Å². The first kappa shape index (κ1) is 15.6. The van der Waals surface area contributed by atoms with Gasteiger partial charge in [-0.2, -0.15) is 0 Å². The lowest BCUT2D eigenvalue weighted by atomic mass is 10.0. The largest absolute Gasteiger partial charge is 0.357 e. The molecule has 0 spiro atoms. The predicted molar refractivity (Wildman–Crippen MR) is 99.4 cm³/mol. The molecule has 4 aromatic rings. The number of hydrogen-bond donors (Lipinski definition) is 2. The Morgan fingerprint density at radius 1 is 1.12 bits per heavy atom. The zero-order valence-electron chi connectivity index (χ0n) is 13.5. The number of carbonyl (C=O) groups excluding carboxylic acids is 1. The van der Waals surface area contributed by atoms with E-state index in [0.717, 1.165) is 38.8 Å². The lowest BCUT2D eigenvalue weighted by Gasteiger charge is -2.06. The lowest BCUT2D eigenvalue weighted by molar-refractivity contribution is -0.119. The van der Waals surface area contributed by atoms with Crippen molar-refractivity contribution in [1.29, 1.82) is 0 Å². The number of aromatic amines is 1. The van der Waals surface area contributed by atoms with Crippen molar-refractivity contribution in [3.8, 4) is 11.1 Å². The van der Waals surface area contributed by atoms with Gasteiger partial charge in [-0.1, -0.05) is 17.7 Å². The van der Waals surface area contributed by atoms with Crippen LogP contribution in [0.25, 0.3) is 33.1 Å². The quantitative estimate of drug-likeness (QED) is 0.585. The molecule has 5 nitrogen and oxygen atoms in total. The summed E-state index contributed by atoms with van der Waals surface area (Å²) in [5.41, 5.74) is 5.49. The van der Waals surface area contributed by atoms with Crippen molar-refractivity contribution >= 4 is 39.4 Å². The van der Waals surface area contributed by atoms with E-state index in [0.29, 0.717) is 11.6 Å². The molecule has 0 aliphatic heterocycles. The van der Waals surface area contributed by atoms with Crippen LogP contribution >= 0.6 is 11.6 Å². The molecule has 0 saturated heterocycles. The van der Waals surface area contributed by atoms with Crippen molar-refractivity contribution in [3.63, 3.8) is 0 Å². The first-order valence-corrected chi connectivity index (χ1v) is 8.25. The van der Waals surface area contributed by atoms with Gasteiger partial charge in [-0.25, -0.2) is 0 Å². The van der Waals surface area contributed by atoms with E-state index in [9.17, 15) is 4.79 Å². The minimum Gasteiger partial charge on any atom is -0.357 e. The molecule has 2 N–H and O–H groups in total. The molecule has 0 fully saturated rings. The highest BCUT2D eigenvalue weighted by molar-refractivity contribution is 6.34. The molecular weight excluding hydrogens is 336 g/mol. The highest BCUT2D eigenvalue weighted by Crippen LogP contribution is 2.33. The van der Waals surface area contributed by atoms with Crippen LogP contribution in [0.15, 0.2) is 48.8 Å². The van der Waals surface area contributed by atoms with Crippen molar-refractivity contribution in [2.24, 2.45) is 0 Å². The van der Waals surface area contributed by atoms with E-state index >= 15 is 0 Å². The van der Waals surface area contributed by atoms with Gasteiger partial charge in [0.25, 0.3) is 0 Å². The molecule has 0 saturated carbocycles. The molecule has 2 heterocycles. The van der Waals surface area contributed by atoms with Crippen LogP contribution in [-0.2, 0) is 11.3 Å². The Morgan fingerprint density at radius 3 is 2.72 bits per heavy atom. The van der Waals surface area contributed by atoms with Gasteiger partial charge in [0.05, 0.1) is 17.6 Å². The maximum atomic E-state index is 11.1. The Labute approximate surface area is 149 Å². The third kappa shape index (κ3) is 3.06. The Morgan fingerprint density at radius 2 is 1.92 bits per heavy atom. The second kappa shape index (κ2) is 6.18. The number of nitrogens with one attached hydrogen (secondary N) is 2. The smallest absolute Gasteiger partial charge is 0.217 e. The van der Waals surface area contributed by atoms with E-state index in [4.69, 9.17) is 11.6 Å². The summed E-state index contributed by atoms with van der Waals surface area (Å²) in [6.07, 6.45) is 3.35. The van der Waals surface area contributed by atoms with Gasteiger partial charge in [-0.3, -0.25) is 14.8 Å². The highest BCUT2D eigenvalue weighted by Gasteiger charge is 2.10. The van der Waals surface area contributed by atoms with Crippen molar-refractivity contribution in [3.05, 3.63) is 59.5 Å². The lowest BCUT2D eigenvalue weighted by Crippen LogP contribution is -2.18. The van der Waals surface area contributed by atoms with Gasteiger partial charge in [-0.05, 0) is 35.9 Å². The summed E-state index contributed by atoms with van der Waals surface area (Å²) in [5.74, 6) is -0.0605. The van der Waals surface area contributed by atoms with Crippen molar-refractivity contribution in [2.75, 3.05) is 0 Å². The first-order chi connectivity index (χ1) is 12.1. The van der Waals surface area contributed by atoms with Crippen LogP contribution in [0.1, 0.15) is 12.6 Å². The molecular formula is C19H15ClN4O. The second-order valence-electron chi connectivity index (χ2n) is 5.88. The van der Waals surface area contributed by atoms with Crippen LogP contribution in [0.5, 0.6) is 0 Å². The topological polar surface area (TPSA) is 70.7 Å². The fraction of sp³-hybridized carbons (Fsp3) is 0.105. The Bertz CT molecular complexity index is 1100. The standard InChI is InChI=1S/C19H15ClN4O/c1-11(25)23-10-14-6-13-7-16(20)15(9-18(13)24-14)12-2-3-17-19(8-12)22-5-4-21-17/h2-9,24H,10H2,1H3,(H,23,25). The molecule has 6 heteroatoms. The van der Waals surface area contributed by atoms with Crippen LogP contribution < -0.4 is 5.32 Å². The Kier molecular flexibility index (Phi) is 3.86. The van der Waals surface area contributed by atoms with E-state index in [-0.39, 0.29) is 5.91 Å². The minimum absolute atomic E-state index is 0.0605. The third-order valence-corrected chi connectivity index (χ3v) is 4.38. The Hall–Kier alpha value is -2.92. The monoisotopic (exact) mass is 350 g/mol. The molecule has 0 radical (unpaired) electrons. The van der Waals surface area contributed by atoms with E-state index in [2.05, 4.69) is 20.3 Å². The number of benzene rings is 2. The zero-order chi connectivity index (χ0) is 17.4. The van der Waals surface area contributed by atoms with Crippen LogP contribution in [0, 0.1) is 0 Å². The molecule has 4 rings (SSSR count). The maximum absolute atomic E-state index is 11.1. The molecule has 2 aromatic heterocycles. The molecule has 25 heavy (non-hydrogen) atoms. The SMILES string of the molecule is CC(=O)NCc1cc2cc(Cl)c(-c3ccc4nccnc4c3)cc2[nH]1. The molecule has 0 aliphatic carbocycles. The van der Waals surface area contributed by atoms with E-state index in [1.54, 1.807) is 12.4 Å². The van der Waals surface area contributed by atoms with Crippen LogP contribution in [0.3, 0.4) is 0 Å². The molecule has 124 valence electrons. The molecule has 2 aromatic carbocycles. The number of H-pyrrole nitrogens is 1. The van der Waals surface area contributed by atoms with Gasteiger partial charge in [0.2, 0.25) is 5.91 Å². The molecule has 0 unspecified atom stereocenters. The summed E-state index contributed by atoms with van der Waals surface area (Å²) >= 11 is 6.51. The van der Waals surface area contributed by atoms with Gasteiger partial charge < -0.3 is 10.3 Å². The first-order valence-electron chi connectivity index (χ1n) is 7.87. The molecule has 0 aliphatic rings. The number of carbonyl (C=O) groups is 1. The van der Waals surface area contributed by atoms with Gasteiger partial charge in [-0.15, -0.1) is 0 Å². The minimum atomic E-state index is -0.0605. The van der Waals surface area contributed by atoms with Crippen LogP contribution in [0.2, 0.25) is 5.02 Å². The van der Waals surface area contributed by atoms with E-state index < -0.39 is 0 Å². The van der Waals surface area contributed by atoms with Gasteiger partial charge in [0, 0.05) is 46.5 Å². The van der Waals surface area contributed by atoms with Crippen LogP contribution in [0.4, 0.5) is 0 Å². The number of nitrogens with zero attached hydrogens (tertiary/aromatic N) is 2. The van der Waals surface area contributed by atoms with Gasteiger partial charge >= 0.3 is 0 Å². The zero-order valence-corrected chi connectivity index (χ0v) is 14.3. The van der Waals surface area contributed by atoms with Crippen molar-refractivity contribution in [2.45, 2.75) is 13.5 Å². The van der Waals surface area contributed by atoms with E-state index in [1.165, 1.54) is 6.92 Å². The highest BCUT2D eigenvalue weighted by atomic mass is 35.5. The summed E-state index contributed by atoms with van der Waals surface area (Å²) < 4.78 is 0. The predicted octanol–water partition coefficient (Wildman–Crippen LogP) is 4.07. The van der Waals surface area contributed by atoms with Gasteiger partial charge in [0.15, 0.2) is 0 Å². The molecule has 0 atom stereocenters. The number of hydrogen-bond acceptors (Lipinski definition) is 3. The maximum Gasteiger partial charge on any atom is 0.217 e. The number of fused-ring (bicyclic) bond motifs is 2. The number of halogens is 1. The summed E-state index contributed by atoms with van der Waals surface area (Å²) in [5, 5.41) is 4.46. The second-order valence-corrected chi connectivity index (χ2v) is 6.29.